The fourth-order valence-corrected chi connectivity index (χ4v) is 2.60. The fourth-order valence-electron chi connectivity index (χ4n) is 2.60. The van der Waals surface area contributed by atoms with E-state index in [0.717, 1.165) is 6.07 Å². The van der Waals surface area contributed by atoms with Crippen molar-refractivity contribution in [2.45, 2.75) is 25.9 Å². The third kappa shape index (κ3) is 2.67. The number of nitrogens with zero attached hydrogens (tertiary/aromatic N) is 1. The zero-order valence-electron chi connectivity index (χ0n) is 11.9. The van der Waals surface area contributed by atoms with Crippen LogP contribution in [0.1, 0.15) is 30.9 Å². The molecule has 0 aromatic heterocycles. The number of carbonyl (C=O) groups is 1. The van der Waals surface area contributed by atoms with Gasteiger partial charge in [-0.2, -0.15) is 18.3 Å². The molecule has 1 amide bonds. The van der Waals surface area contributed by atoms with Gasteiger partial charge in [0.1, 0.15) is 5.75 Å². The van der Waals surface area contributed by atoms with Crippen LogP contribution in [0.2, 0.25) is 0 Å². The molecule has 7 heteroatoms. The highest BCUT2D eigenvalue weighted by atomic mass is 19.4. The van der Waals surface area contributed by atoms with Gasteiger partial charge in [-0.3, -0.25) is 4.79 Å². The molecule has 22 heavy (non-hydrogen) atoms. The lowest BCUT2D eigenvalue weighted by molar-refractivity contribution is -0.139. The van der Waals surface area contributed by atoms with Gasteiger partial charge in [0.2, 0.25) is 5.91 Å². The van der Waals surface area contributed by atoms with E-state index in [0.29, 0.717) is 24.1 Å². The highest BCUT2D eigenvalue weighted by Gasteiger charge is 2.49. The minimum atomic E-state index is -4.50. The molecular formula is C15H15F3N2O2. The molecule has 1 aromatic rings. The van der Waals surface area contributed by atoms with Crippen molar-refractivity contribution >= 4 is 11.6 Å². The number of hydrogen-bond acceptors (Lipinski definition) is 3. The second-order valence-corrected chi connectivity index (χ2v) is 5.48. The van der Waals surface area contributed by atoms with Crippen LogP contribution < -0.4 is 10.2 Å². The Bertz CT molecular complexity index is 640. The lowest BCUT2D eigenvalue weighted by Crippen LogP contribution is -2.29. The summed E-state index contributed by atoms with van der Waals surface area (Å²) < 4.78 is 44.8. The van der Waals surface area contributed by atoms with Crippen LogP contribution in [0, 0.1) is 11.8 Å². The van der Waals surface area contributed by atoms with Crippen LogP contribution >= 0.6 is 0 Å². The third-order valence-corrected chi connectivity index (χ3v) is 3.81. The molecule has 1 aromatic carbocycles. The number of hydrazone groups is 1. The molecule has 4 nitrogen and oxygen atoms in total. The largest absolute Gasteiger partial charge is 0.493 e. The summed E-state index contributed by atoms with van der Waals surface area (Å²) >= 11 is 0. The van der Waals surface area contributed by atoms with Crippen LogP contribution in [0.3, 0.4) is 0 Å². The third-order valence-electron chi connectivity index (χ3n) is 3.81. The summed E-state index contributed by atoms with van der Waals surface area (Å²) in [6, 6.07) is 3.94. The molecular weight excluding hydrogens is 297 g/mol. The molecule has 118 valence electrons. The van der Waals surface area contributed by atoms with Crippen molar-refractivity contribution in [1.29, 1.82) is 0 Å². The van der Waals surface area contributed by atoms with E-state index in [1.807, 2.05) is 6.92 Å². The van der Waals surface area contributed by atoms with Gasteiger partial charge in [-0.25, -0.2) is 5.43 Å². The molecule has 0 spiro atoms. The molecule has 1 heterocycles. The van der Waals surface area contributed by atoms with E-state index in [2.05, 4.69) is 10.5 Å². The molecule has 3 rings (SSSR count). The maximum absolute atomic E-state index is 13.2. The van der Waals surface area contributed by atoms with E-state index in [-0.39, 0.29) is 30.1 Å². The lowest BCUT2D eigenvalue weighted by Gasteiger charge is -2.17. The summed E-state index contributed by atoms with van der Waals surface area (Å²) in [6.07, 6.45) is -3.23. The van der Waals surface area contributed by atoms with Crippen molar-refractivity contribution < 1.29 is 22.7 Å². The monoisotopic (exact) mass is 312 g/mol. The van der Waals surface area contributed by atoms with Crippen molar-refractivity contribution in [3.63, 3.8) is 0 Å². The Morgan fingerprint density at radius 1 is 1.36 bits per heavy atom. The Kier molecular flexibility index (Phi) is 3.58. The first-order chi connectivity index (χ1) is 10.4. The molecule has 0 bridgehead atoms. The smallest absolute Gasteiger partial charge is 0.419 e. The molecule has 1 saturated carbocycles. The summed E-state index contributed by atoms with van der Waals surface area (Å²) in [5.41, 5.74) is 2.45. The summed E-state index contributed by atoms with van der Waals surface area (Å²) in [4.78, 5) is 11.4. The van der Waals surface area contributed by atoms with E-state index >= 15 is 0 Å². The number of hydrogen-bond donors (Lipinski definition) is 1. The molecule has 1 aliphatic heterocycles. The first kappa shape index (κ1) is 14.9. The first-order valence-corrected chi connectivity index (χ1v) is 7.13. The number of halogens is 3. The molecule has 1 fully saturated rings. The minimum Gasteiger partial charge on any atom is -0.493 e. The molecule has 0 unspecified atom stereocenters. The Hall–Kier alpha value is -2.05. The van der Waals surface area contributed by atoms with E-state index in [1.165, 1.54) is 6.07 Å². The Morgan fingerprint density at radius 3 is 2.82 bits per heavy atom. The van der Waals surface area contributed by atoms with Gasteiger partial charge in [0.25, 0.3) is 0 Å². The van der Waals surface area contributed by atoms with Gasteiger partial charge in [-0.15, -0.1) is 0 Å². The zero-order chi connectivity index (χ0) is 15.9. The van der Waals surface area contributed by atoms with Crippen molar-refractivity contribution in [3.05, 3.63) is 29.3 Å². The molecule has 0 radical (unpaired) electrons. The zero-order valence-corrected chi connectivity index (χ0v) is 11.9. The highest BCUT2D eigenvalue weighted by molar-refractivity contribution is 6.09. The maximum Gasteiger partial charge on any atom is 0.419 e. The number of rotatable bonds is 4. The van der Waals surface area contributed by atoms with Crippen LogP contribution in [-0.4, -0.2) is 18.2 Å². The second-order valence-electron chi connectivity index (χ2n) is 5.48. The maximum atomic E-state index is 13.2. The normalized spacial score (nSPS) is 23.5. The summed E-state index contributed by atoms with van der Waals surface area (Å²) in [5.74, 6) is -0.561. The number of benzene rings is 1. The van der Waals surface area contributed by atoms with E-state index in [9.17, 15) is 18.0 Å². The Labute approximate surface area is 125 Å². The average Bonchev–Trinajstić information content (AvgIpc) is 3.26. The summed E-state index contributed by atoms with van der Waals surface area (Å²) in [7, 11) is 0. The highest BCUT2D eigenvalue weighted by Crippen LogP contribution is 2.44. The SMILES string of the molecule is CCCOc1ccc(C2=NNC(=O)[C@@H]3C[C@H]23)cc1C(F)(F)F. The van der Waals surface area contributed by atoms with Crippen LogP contribution in [-0.2, 0) is 11.0 Å². The van der Waals surface area contributed by atoms with Crippen molar-refractivity contribution in [1.82, 2.24) is 5.43 Å². The van der Waals surface area contributed by atoms with E-state index < -0.39 is 11.7 Å². The van der Waals surface area contributed by atoms with Gasteiger partial charge in [-0.05, 0) is 36.6 Å². The fraction of sp³-hybridized carbons (Fsp3) is 0.467. The van der Waals surface area contributed by atoms with Gasteiger partial charge in [0.05, 0.1) is 17.9 Å². The van der Waals surface area contributed by atoms with Crippen LogP contribution in [0.5, 0.6) is 5.75 Å². The van der Waals surface area contributed by atoms with Gasteiger partial charge in [0.15, 0.2) is 0 Å². The van der Waals surface area contributed by atoms with Crippen molar-refractivity contribution in [3.8, 4) is 5.75 Å². The summed E-state index contributed by atoms with van der Waals surface area (Å²) in [5, 5.41) is 3.93. The number of fused-ring (bicyclic) bond motifs is 1. The Morgan fingerprint density at radius 2 is 2.14 bits per heavy atom. The summed E-state index contributed by atoms with van der Waals surface area (Å²) in [6.45, 7) is 2.05. The number of ether oxygens (including phenoxy) is 1. The first-order valence-electron chi connectivity index (χ1n) is 7.13. The molecule has 2 atom stereocenters. The number of alkyl halides is 3. The minimum absolute atomic E-state index is 0.0720. The Balaban J connectivity index is 1.95. The quantitative estimate of drug-likeness (QED) is 0.929. The predicted octanol–water partition coefficient (Wildman–Crippen LogP) is 2.96. The van der Waals surface area contributed by atoms with E-state index in [4.69, 9.17) is 4.74 Å². The molecule has 0 saturated heterocycles. The predicted molar refractivity (Wildman–Crippen MR) is 73.5 cm³/mol. The van der Waals surface area contributed by atoms with Gasteiger partial charge >= 0.3 is 6.18 Å². The number of amides is 1. The van der Waals surface area contributed by atoms with Gasteiger partial charge in [-0.1, -0.05) is 6.92 Å². The topological polar surface area (TPSA) is 50.7 Å². The molecule has 2 aliphatic rings. The number of carbonyl (C=O) groups excluding carboxylic acids is 1. The standard InChI is InChI=1S/C15H15F3N2O2/c1-2-5-22-12-4-3-8(6-11(12)15(16,17)18)13-9-7-10(9)14(21)20-19-13/h3-4,6,9-10H,2,5,7H2,1H3,(H,20,21)/t9-,10+/m0/s1. The second kappa shape index (κ2) is 5.30. The average molecular weight is 312 g/mol. The lowest BCUT2D eigenvalue weighted by atomic mass is 10.0. The van der Waals surface area contributed by atoms with Crippen molar-refractivity contribution in [2.24, 2.45) is 16.9 Å². The molecule has 1 N–H and O–H groups in total. The van der Waals surface area contributed by atoms with Crippen LogP contribution in [0.15, 0.2) is 23.3 Å². The molecule has 1 aliphatic carbocycles. The van der Waals surface area contributed by atoms with E-state index in [1.54, 1.807) is 6.07 Å². The van der Waals surface area contributed by atoms with Crippen LogP contribution in [0.25, 0.3) is 0 Å². The van der Waals surface area contributed by atoms with Gasteiger partial charge in [0, 0.05) is 11.8 Å². The van der Waals surface area contributed by atoms with Crippen LogP contribution in [0.4, 0.5) is 13.2 Å². The number of nitrogens with one attached hydrogen (secondary N) is 1. The van der Waals surface area contributed by atoms with Crippen molar-refractivity contribution in [2.75, 3.05) is 6.61 Å². The van der Waals surface area contributed by atoms with Gasteiger partial charge < -0.3 is 4.74 Å².